The molecule has 19 heteroatoms. The molecule has 0 bridgehead atoms. The Morgan fingerprint density at radius 3 is 0.850 bits per heavy atom. The van der Waals surface area contributed by atoms with Crippen molar-refractivity contribution >= 4 is 39.5 Å². The lowest BCUT2D eigenvalue weighted by Crippen LogP contribution is -2.30. The Kier molecular flexibility index (Phi) is 71.6. The van der Waals surface area contributed by atoms with Crippen LogP contribution in [0, 0.1) is 5.92 Å². The number of carbonyl (C=O) groups is 4. The fourth-order valence-corrected chi connectivity index (χ4v) is 13.6. The van der Waals surface area contributed by atoms with Crippen molar-refractivity contribution in [1.29, 1.82) is 0 Å². The molecule has 3 N–H and O–H groups in total. The van der Waals surface area contributed by atoms with Gasteiger partial charge in [-0.05, 0) is 57.3 Å². The predicted octanol–water partition coefficient (Wildman–Crippen LogP) is 24.0. The van der Waals surface area contributed by atoms with E-state index in [0.717, 1.165) is 115 Å². The first-order valence-electron chi connectivity index (χ1n) is 41.5. The van der Waals surface area contributed by atoms with E-state index in [0.29, 0.717) is 25.7 Å². The van der Waals surface area contributed by atoms with Crippen LogP contribution in [-0.4, -0.2) is 96.7 Å². The minimum Gasteiger partial charge on any atom is -0.462 e. The topological polar surface area (TPSA) is 237 Å². The maximum absolute atomic E-state index is 13.1. The summed E-state index contributed by atoms with van der Waals surface area (Å²) in [6.45, 7) is 7.32. The number of allylic oxidation sites excluding steroid dienone is 4. The average Bonchev–Trinajstić information content (AvgIpc) is 0.933. The lowest BCUT2D eigenvalue weighted by Gasteiger charge is -2.21. The van der Waals surface area contributed by atoms with Crippen LogP contribution in [-0.2, 0) is 65.4 Å². The van der Waals surface area contributed by atoms with Gasteiger partial charge in [-0.15, -0.1) is 0 Å². The summed E-state index contributed by atoms with van der Waals surface area (Å²) in [6, 6.07) is 0. The van der Waals surface area contributed by atoms with Crippen LogP contribution < -0.4 is 0 Å². The van der Waals surface area contributed by atoms with E-state index in [2.05, 4.69) is 58.9 Å². The molecule has 0 aromatic rings. The summed E-state index contributed by atoms with van der Waals surface area (Å²) in [5, 5.41) is 10.6. The molecule has 0 saturated heterocycles. The van der Waals surface area contributed by atoms with Gasteiger partial charge >= 0.3 is 39.5 Å². The highest BCUT2D eigenvalue weighted by atomic mass is 31.2. The summed E-state index contributed by atoms with van der Waals surface area (Å²) in [5.74, 6) is -1.29. The standard InChI is InChI=1S/C81H154O17P2/c1-6-10-13-16-19-22-25-28-30-35-40-45-50-55-60-65-79(84)92-71-77(98-81(86)67-62-57-52-47-42-37-33-32-34-38-43-48-53-58-63-74(5)9-4)73-96-100(89,90)94-69-75(82)68-93-99(87,88)95-72-76(70-91-78(83)64-59-54-49-44-39-27-24-21-18-15-12-8-3)97-80(85)66-61-56-51-46-41-36-31-29-26-23-20-17-14-11-7-2/h22,25,28,30,74-77,82H,6-21,23-24,26-27,29,31-73H2,1-5H3,(H,87,88)(H,89,90)/b25-22-,30-28-/t74?,75-,76+,77+/m0/s1. The first-order valence-corrected chi connectivity index (χ1v) is 44.5. The van der Waals surface area contributed by atoms with Gasteiger partial charge in [0.2, 0.25) is 0 Å². The highest BCUT2D eigenvalue weighted by molar-refractivity contribution is 7.47. The molecule has 17 nitrogen and oxygen atoms in total. The molecule has 0 rings (SSSR count). The second kappa shape index (κ2) is 73.4. The van der Waals surface area contributed by atoms with Crippen LogP contribution in [0.25, 0.3) is 0 Å². The van der Waals surface area contributed by atoms with Crippen LogP contribution in [0.5, 0.6) is 0 Å². The quantitative estimate of drug-likeness (QED) is 0.0169. The average molecular weight is 1460 g/mol. The highest BCUT2D eigenvalue weighted by Gasteiger charge is 2.30. The molecule has 0 fully saturated rings. The zero-order valence-electron chi connectivity index (χ0n) is 64.8. The van der Waals surface area contributed by atoms with E-state index in [1.807, 2.05) is 0 Å². The minimum absolute atomic E-state index is 0.101. The van der Waals surface area contributed by atoms with Crippen molar-refractivity contribution < 1.29 is 80.2 Å². The van der Waals surface area contributed by atoms with Gasteiger partial charge in [0.1, 0.15) is 19.3 Å². The SMILES string of the molecule is CCCCCC/C=C\C=C/CCCCCCCC(=O)OC[C@H](COP(=O)(O)OC[C@@H](O)COP(=O)(O)OC[C@@H](COC(=O)CCCCCCCCCCCCCC)OC(=O)CCCCCCCCCCCCCCCCC)OC(=O)CCCCCCCCCCCCCCCCC(C)CC. The van der Waals surface area contributed by atoms with Gasteiger partial charge in [0.25, 0.3) is 0 Å². The van der Waals surface area contributed by atoms with E-state index in [9.17, 15) is 43.2 Å². The second-order valence-electron chi connectivity index (χ2n) is 28.7. The molecule has 0 aliphatic rings. The van der Waals surface area contributed by atoms with Crippen LogP contribution >= 0.6 is 15.6 Å². The van der Waals surface area contributed by atoms with Crippen molar-refractivity contribution in [2.75, 3.05) is 39.6 Å². The van der Waals surface area contributed by atoms with E-state index in [1.165, 1.54) is 212 Å². The van der Waals surface area contributed by atoms with E-state index >= 15 is 0 Å². The Balaban J connectivity index is 5.30. The molecule has 100 heavy (non-hydrogen) atoms. The molecule has 0 aliphatic carbocycles. The summed E-state index contributed by atoms with van der Waals surface area (Å²) in [5.41, 5.74) is 0. The van der Waals surface area contributed by atoms with Crippen LogP contribution in [0.1, 0.15) is 407 Å². The van der Waals surface area contributed by atoms with E-state index < -0.39 is 97.5 Å². The molecule has 0 spiro atoms. The number of phosphoric acid groups is 2. The zero-order chi connectivity index (χ0) is 73.4. The molecule has 6 atom stereocenters. The van der Waals surface area contributed by atoms with Gasteiger partial charge in [-0.1, -0.05) is 354 Å². The molecular formula is C81H154O17P2. The van der Waals surface area contributed by atoms with E-state index in [-0.39, 0.29) is 25.7 Å². The number of hydrogen-bond donors (Lipinski definition) is 3. The number of phosphoric ester groups is 2. The monoisotopic (exact) mass is 1460 g/mol. The Hall–Kier alpha value is -2.46. The maximum Gasteiger partial charge on any atom is 0.472 e. The van der Waals surface area contributed by atoms with E-state index in [4.69, 9.17) is 37.0 Å². The third kappa shape index (κ3) is 72.5. The molecule has 0 heterocycles. The van der Waals surface area contributed by atoms with Crippen LogP contribution in [0.15, 0.2) is 24.3 Å². The van der Waals surface area contributed by atoms with Gasteiger partial charge < -0.3 is 33.8 Å². The third-order valence-electron chi connectivity index (χ3n) is 18.8. The predicted molar refractivity (Wildman–Crippen MR) is 409 cm³/mol. The first-order chi connectivity index (χ1) is 48.6. The fraction of sp³-hybridized carbons (Fsp3) is 0.901. The Labute approximate surface area is 612 Å². The van der Waals surface area contributed by atoms with Crippen molar-refractivity contribution in [3.8, 4) is 0 Å². The molecule has 0 aromatic carbocycles. The smallest absolute Gasteiger partial charge is 0.462 e. The van der Waals surface area contributed by atoms with Gasteiger partial charge in [0.15, 0.2) is 12.2 Å². The molecule has 0 aliphatic heterocycles. The van der Waals surface area contributed by atoms with Crippen LogP contribution in [0.4, 0.5) is 0 Å². The first kappa shape index (κ1) is 97.5. The zero-order valence-corrected chi connectivity index (χ0v) is 66.6. The maximum atomic E-state index is 13.1. The lowest BCUT2D eigenvalue weighted by atomic mass is 9.99. The third-order valence-corrected chi connectivity index (χ3v) is 20.7. The minimum atomic E-state index is -4.97. The second-order valence-corrected chi connectivity index (χ2v) is 31.6. The largest absolute Gasteiger partial charge is 0.472 e. The number of unbranched alkanes of at least 4 members (excludes halogenated alkanes) is 47. The van der Waals surface area contributed by atoms with Crippen molar-refractivity contribution in [2.45, 2.75) is 425 Å². The summed E-state index contributed by atoms with van der Waals surface area (Å²) < 4.78 is 68.7. The van der Waals surface area contributed by atoms with Gasteiger partial charge in [-0.3, -0.25) is 37.3 Å². The molecule has 0 amide bonds. The number of carbonyl (C=O) groups excluding carboxylic acids is 4. The summed E-state index contributed by atoms with van der Waals surface area (Å²) in [7, 11) is -9.93. The van der Waals surface area contributed by atoms with Gasteiger partial charge in [0, 0.05) is 25.7 Å². The summed E-state index contributed by atoms with van der Waals surface area (Å²) in [6.07, 6.45) is 67.1. The Morgan fingerprint density at radius 2 is 0.560 bits per heavy atom. The number of rotatable bonds is 79. The molecular weight excluding hydrogens is 1310 g/mol. The number of aliphatic hydroxyl groups is 1. The van der Waals surface area contributed by atoms with Gasteiger partial charge in [-0.2, -0.15) is 0 Å². The summed E-state index contributed by atoms with van der Waals surface area (Å²) >= 11 is 0. The van der Waals surface area contributed by atoms with Crippen molar-refractivity contribution in [3.63, 3.8) is 0 Å². The van der Waals surface area contributed by atoms with Crippen LogP contribution in [0.3, 0.4) is 0 Å². The van der Waals surface area contributed by atoms with E-state index in [1.54, 1.807) is 0 Å². The molecule has 3 unspecified atom stereocenters. The van der Waals surface area contributed by atoms with Crippen LogP contribution in [0.2, 0.25) is 0 Å². The van der Waals surface area contributed by atoms with Crippen molar-refractivity contribution in [2.24, 2.45) is 5.92 Å². The number of aliphatic hydroxyl groups excluding tert-OH is 1. The highest BCUT2D eigenvalue weighted by Crippen LogP contribution is 2.45. The molecule has 590 valence electrons. The molecule has 0 aromatic heterocycles. The van der Waals surface area contributed by atoms with Crippen molar-refractivity contribution in [1.82, 2.24) is 0 Å². The fourth-order valence-electron chi connectivity index (χ4n) is 12.0. The Morgan fingerprint density at radius 1 is 0.320 bits per heavy atom. The Bertz CT molecular complexity index is 2010. The number of esters is 4. The normalized spacial score (nSPS) is 14.3. The van der Waals surface area contributed by atoms with Gasteiger partial charge in [-0.25, -0.2) is 9.13 Å². The molecule has 0 saturated carbocycles. The number of hydrogen-bond acceptors (Lipinski definition) is 15. The summed E-state index contributed by atoms with van der Waals surface area (Å²) in [4.78, 5) is 73.0. The lowest BCUT2D eigenvalue weighted by molar-refractivity contribution is -0.161. The van der Waals surface area contributed by atoms with Crippen molar-refractivity contribution in [3.05, 3.63) is 24.3 Å². The molecule has 0 radical (unpaired) electrons. The number of ether oxygens (including phenoxy) is 4. The van der Waals surface area contributed by atoms with Gasteiger partial charge in [0.05, 0.1) is 26.4 Å².